The summed E-state index contributed by atoms with van der Waals surface area (Å²) < 4.78 is 27.3. The topological polar surface area (TPSA) is 72.2 Å². The van der Waals surface area contributed by atoms with Gasteiger partial charge in [-0.3, -0.25) is 4.72 Å². The van der Waals surface area contributed by atoms with E-state index in [9.17, 15) is 8.42 Å². The first-order chi connectivity index (χ1) is 9.29. The zero-order valence-electron chi connectivity index (χ0n) is 11.1. The smallest absolute Gasteiger partial charge is 0.263 e. The fourth-order valence-corrected chi connectivity index (χ4v) is 3.46. The molecule has 0 saturated carbocycles. The molecule has 0 saturated heterocycles. The summed E-state index contributed by atoms with van der Waals surface area (Å²) in [7, 11) is -3.74. The van der Waals surface area contributed by atoms with Crippen LogP contribution < -0.4 is 10.5 Å². The standard InChI is InChI=1S/C14H15ClN2O2S/c1-9-3-4-10(2)13(7-9)17-20(18,19)14-6-5-11(16)8-12(14)15/h3-8,17H,16H2,1-2H3. The SMILES string of the molecule is Cc1ccc(C)c(NS(=O)(=O)c2ccc(N)cc2Cl)c1. The first-order valence-corrected chi connectivity index (χ1v) is 7.81. The number of benzene rings is 2. The molecule has 3 N–H and O–H groups in total. The summed E-state index contributed by atoms with van der Waals surface area (Å²) in [6, 6.07) is 9.87. The van der Waals surface area contributed by atoms with E-state index in [0.29, 0.717) is 11.4 Å². The molecule has 0 aliphatic carbocycles. The molecule has 0 radical (unpaired) electrons. The molecule has 0 spiro atoms. The van der Waals surface area contributed by atoms with E-state index in [4.69, 9.17) is 17.3 Å². The first kappa shape index (κ1) is 14.7. The highest BCUT2D eigenvalue weighted by Crippen LogP contribution is 2.27. The normalized spacial score (nSPS) is 11.3. The second-order valence-electron chi connectivity index (χ2n) is 4.61. The van der Waals surface area contributed by atoms with Gasteiger partial charge in [0, 0.05) is 5.69 Å². The Labute approximate surface area is 123 Å². The number of nitrogens with one attached hydrogen (secondary N) is 1. The summed E-state index contributed by atoms with van der Waals surface area (Å²) in [6.07, 6.45) is 0. The van der Waals surface area contributed by atoms with Crippen LogP contribution in [-0.2, 0) is 10.0 Å². The summed E-state index contributed by atoms with van der Waals surface area (Å²) in [5, 5.41) is 0.0998. The van der Waals surface area contributed by atoms with Crippen molar-refractivity contribution in [2.75, 3.05) is 10.5 Å². The van der Waals surface area contributed by atoms with Crippen LogP contribution in [0.1, 0.15) is 11.1 Å². The number of rotatable bonds is 3. The summed E-state index contributed by atoms with van der Waals surface area (Å²) in [4.78, 5) is 0.00859. The third-order valence-electron chi connectivity index (χ3n) is 2.88. The monoisotopic (exact) mass is 310 g/mol. The van der Waals surface area contributed by atoms with Crippen LogP contribution in [0.15, 0.2) is 41.3 Å². The van der Waals surface area contributed by atoms with Crippen LogP contribution in [-0.4, -0.2) is 8.42 Å². The predicted octanol–water partition coefficient (Wildman–Crippen LogP) is 3.34. The molecule has 0 aliphatic rings. The van der Waals surface area contributed by atoms with E-state index in [-0.39, 0.29) is 9.92 Å². The number of hydrogen-bond acceptors (Lipinski definition) is 3. The molecule has 0 amide bonds. The lowest BCUT2D eigenvalue weighted by molar-refractivity contribution is 0.601. The van der Waals surface area contributed by atoms with Gasteiger partial charge in [0.15, 0.2) is 0 Å². The first-order valence-electron chi connectivity index (χ1n) is 5.95. The van der Waals surface area contributed by atoms with Crippen LogP contribution >= 0.6 is 11.6 Å². The average Bonchev–Trinajstić information content (AvgIpc) is 2.33. The second-order valence-corrected chi connectivity index (χ2v) is 6.67. The Morgan fingerprint density at radius 1 is 1.10 bits per heavy atom. The highest BCUT2D eigenvalue weighted by atomic mass is 35.5. The molecule has 0 heterocycles. The zero-order chi connectivity index (χ0) is 14.9. The van der Waals surface area contributed by atoms with E-state index in [0.717, 1.165) is 11.1 Å². The van der Waals surface area contributed by atoms with Crippen LogP contribution in [0.25, 0.3) is 0 Å². The lowest BCUT2D eigenvalue weighted by Gasteiger charge is -2.12. The molecule has 4 nitrogen and oxygen atoms in total. The average molecular weight is 311 g/mol. The van der Waals surface area contributed by atoms with E-state index in [1.165, 1.54) is 18.2 Å². The van der Waals surface area contributed by atoms with Gasteiger partial charge in [0.05, 0.1) is 10.7 Å². The maximum Gasteiger partial charge on any atom is 0.263 e. The third kappa shape index (κ3) is 3.05. The van der Waals surface area contributed by atoms with E-state index in [1.54, 1.807) is 6.07 Å². The molecule has 0 aromatic heterocycles. The summed E-state index contributed by atoms with van der Waals surface area (Å²) >= 11 is 5.95. The largest absolute Gasteiger partial charge is 0.399 e. The van der Waals surface area contributed by atoms with Crippen molar-refractivity contribution in [3.63, 3.8) is 0 Å². The Balaban J connectivity index is 2.43. The highest BCUT2D eigenvalue weighted by molar-refractivity contribution is 7.92. The van der Waals surface area contributed by atoms with Crippen molar-refractivity contribution in [1.29, 1.82) is 0 Å². The Kier molecular flexibility index (Phi) is 3.92. The van der Waals surface area contributed by atoms with Crippen molar-refractivity contribution in [1.82, 2.24) is 0 Å². The van der Waals surface area contributed by atoms with Crippen LogP contribution in [0.4, 0.5) is 11.4 Å². The number of sulfonamides is 1. The van der Waals surface area contributed by atoms with Gasteiger partial charge in [0.25, 0.3) is 10.0 Å². The fourth-order valence-electron chi connectivity index (χ4n) is 1.78. The van der Waals surface area contributed by atoms with Crippen molar-refractivity contribution in [3.8, 4) is 0 Å². The molecule has 2 aromatic rings. The maximum absolute atomic E-state index is 12.4. The van der Waals surface area contributed by atoms with Gasteiger partial charge in [-0.05, 0) is 49.2 Å². The number of halogens is 1. The minimum absolute atomic E-state index is 0.00859. The molecule has 2 aromatic carbocycles. The van der Waals surface area contributed by atoms with Gasteiger partial charge >= 0.3 is 0 Å². The molecule has 6 heteroatoms. The second kappa shape index (κ2) is 5.34. The Hall–Kier alpha value is -1.72. The van der Waals surface area contributed by atoms with Crippen molar-refractivity contribution in [2.45, 2.75) is 18.7 Å². The number of anilines is 2. The van der Waals surface area contributed by atoms with E-state index >= 15 is 0 Å². The quantitative estimate of drug-likeness (QED) is 0.854. The zero-order valence-corrected chi connectivity index (χ0v) is 12.7. The van der Waals surface area contributed by atoms with Crippen LogP contribution in [0.5, 0.6) is 0 Å². The molecule has 0 fully saturated rings. The lowest BCUT2D eigenvalue weighted by atomic mass is 10.1. The van der Waals surface area contributed by atoms with E-state index in [1.807, 2.05) is 26.0 Å². The molecule has 0 aliphatic heterocycles. The minimum atomic E-state index is -3.74. The molecule has 0 atom stereocenters. The van der Waals surface area contributed by atoms with Gasteiger partial charge in [-0.1, -0.05) is 23.7 Å². The third-order valence-corrected chi connectivity index (χ3v) is 4.73. The molecular formula is C14H15ClN2O2S. The molecule has 106 valence electrons. The molecule has 20 heavy (non-hydrogen) atoms. The number of nitrogens with two attached hydrogens (primary N) is 1. The van der Waals surface area contributed by atoms with Gasteiger partial charge < -0.3 is 5.73 Å². The molecule has 0 bridgehead atoms. The summed E-state index contributed by atoms with van der Waals surface area (Å²) in [6.45, 7) is 3.73. The number of aryl methyl sites for hydroxylation is 2. The van der Waals surface area contributed by atoms with Crippen molar-refractivity contribution in [2.24, 2.45) is 0 Å². The summed E-state index contributed by atoms with van der Waals surface area (Å²) in [5.74, 6) is 0. The predicted molar refractivity (Wildman–Crippen MR) is 82.6 cm³/mol. The van der Waals surface area contributed by atoms with Gasteiger partial charge in [-0.25, -0.2) is 8.42 Å². The molecule has 0 unspecified atom stereocenters. The van der Waals surface area contributed by atoms with Gasteiger partial charge in [0.1, 0.15) is 4.90 Å². The number of nitrogen functional groups attached to an aromatic ring is 1. The van der Waals surface area contributed by atoms with Crippen LogP contribution in [0, 0.1) is 13.8 Å². The Morgan fingerprint density at radius 3 is 2.45 bits per heavy atom. The molecule has 2 rings (SSSR count). The number of hydrogen-bond donors (Lipinski definition) is 2. The minimum Gasteiger partial charge on any atom is -0.399 e. The van der Waals surface area contributed by atoms with Gasteiger partial charge in [-0.2, -0.15) is 0 Å². The van der Waals surface area contributed by atoms with E-state index < -0.39 is 10.0 Å². The van der Waals surface area contributed by atoms with Crippen molar-refractivity contribution >= 4 is 33.0 Å². The van der Waals surface area contributed by atoms with Gasteiger partial charge in [0.2, 0.25) is 0 Å². The van der Waals surface area contributed by atoms with Gasteiger partial charge in [-0.15, -0.1) is 0 Å². The summed E-state index contributed by atoms with van der Waals surface area (Å²) in [5.41, 5.74) is 8.33. The highest BCUT2D eigenvalue weighted by Gasteiger charge is 2.18. The van der Waals surface area contributed by atoms with Crippen molar-refractivity contribution in [3.05, 3.63) is 52.5 Å². The van der Waals surface area contributed by atoms with E-state index in [2.05, 4.69) is 4.72 Å². The van der Waals surface area contributed by atoms with Crippen LogP contribution in [0.2, 0.25) is 5.02 Å². The Morgan fingerprint density at radius 2 is 1.80 bits per heavy atom. The van der Waals surface area contributed by atoms with Crippen molar-refractivity contribution < 1.29 is 8.42 Å². The maximum atomic E-state index is 12.4. The fraction of sp³-hybridized carbons (Fsp3) is 0.143. The lowest BCUT2D eigenvalue weighted by Crippen LogP contribution is -2.14. The Bertz CT molecular complexity index is 758. The van der Waals surface area contributed by atoms with Crippen LogP contribution in [0.3, 0.4) is 0 Å². The molecular weight excluding hydrogens is 296 g/mol.